The molecule has 0 bridgehead atoms. The fourth-order valence-corrected chi connectivity index (χ4v) is 1.63. The molecule has 0 aromatic carbocycles. The van der Waals surface area contributed by atoms with Crippen molar-refractivity contribution >= 4 is 0 Å². The van der Waals surface area contributed by atoms with Crippen molar-refractivity contribution in [1.82, 2.24) is 15.6 Å². The summed E-state index contributed by atoms with van der Waals surface area (Å²) in [5, 5.41) is 41.8. The molecule has 0 aliphatic rings. The van der Waals surface area contributed by atoms with Crippen molar-refractivity contribution in [2.75, 3.05) is 26.3 Å². The van der Waals surface area contributed by atoms with Gasteiger partial charge in [0.25, 0.3) is 0 Å². The largest absolute Gasteiger partial charge is 0.394 e. The summed E-state index contributed by atoms with van der Waals surface area (Å²) in [5.74, 6) is 0. The molecule has 0 fully saturated rings. The minimum absolute atomic E-state index is 0.262. The fraction of sp³-hybridized carbons (Fsp3) is 0.615. The second kappa shape index (κ2) is 9.76. The SMILES string of the molecule is OCC(O)CNCc1cncc(CNCC(O)CO)c1. The fourth-order valence-electron chi connectivity index (χ4n) is 1.63. The molecule has 0 radical (unpaired) electrons. The second-order valence-corrected chi connectivity index (χ2v) is 4.64. The van der Waals surface area contributed by atoms with Gasteiger partial charge in [-0.15, -0.1) is 0 Å². The van der Waals surface area contributed by atoms with E-state index in [0.717, 1.165) is 11.1 Å². The molecule has 0 aliphatic heterocycles. The molecule has 7 nitrogen and oxygen atoms in total. The summed E-state index contributed by atoms with van der Waals surface area (Å²) < 4.78 is 0. The first-order valence-electron chi connectivity index (χ1n) is 6.57. The average molecular weight is 285 g/mol. The molecule has 2 atom stereocenters. The number of hydrogen-bond donors (Lipinski definition) is 6. The molecule has 114 valence electrons. The van der Waals surface area contributed by atoms with Gasteiger partial charge in [-0.1, -0.05) is 6.07 Å². The van der Waals surface area contributed by atoms with Gasteiger partial charge in [-0.3, -0.25) is 4.98 Å². The van der Waals surface area contributed by atoms with Gasteiger partial charge in [0.05, 0.1) is 25.4 Å². The lowest BCUT2D eigenvalue weighted by Crippen LogP contribution is -2.29. The van der Waals surface area contributed by atoms with Crippen molar-refractivity contribution < 1.29 is 20.4 Å². The Kier molecular flexibility index (Phi) is 8.28. The smallest absolute Gasteiger partial charge is 0.0895 e. The summed E-state index contributed by atoms with van der Waals surface area (Å²) in [5.41, 5.74) is 1.94. The van der Waals surface area contributed by atoms with Crippen LogP contribution < -0.4 is 10.6 Å². The quantitative estimate of drug-likeness (QED) is 0.293. The highest BCUT2D eigenvalue weighted by molar-refractivity contribution is 5.17. The van der Waals surface area contributed by atoms with Gasteiger partial charge in [-0.05, 0) is 11.1 Å². The van der Waals surface area contributed by atoms with Gasteiger partial charge in [-0.2, -0.15) is 0 Å². The van der Waals surface area contributed by atoms with Gasteiger partial charge in [0.15, 0.2) is 0 Å². The van der Waals surface area contributed by atoms with E-state index in [4.69, 9.17) is 10.2 Å². The minimum atomic E-state index is -0.757. The Morgan fingerprint density at radius 2 is 1.35 bits per heavy atom. The number of rotatable bonds is 10. The van der Waals surface area contributed by atoms with Crippen LogP contribution in [0, 0.1) is 0 Å². The third kappa shape index (κ3) is 6.90. The van der Waals surface area contributed by atoms with Crippen molar-refractivity contribution in [3.8, 4) is 0 Å². The summed E-state index contributed by atoms with van der Waals surface area (Å²) in [6, 6.07) is 1.96. The summed E-state index contributed by atoms with van der Waals surface area (Å²) in [7, 11) is 0. The zero-order valence-electron chi connectivity index (χ0n) is 11.4. The van der Waals surface area contributed by atoms with Crippen molar-refractivity contribution in [2.45, 2.75) is 25.3 Å². The van der Waals surface area contributed by atoms with Crippen LogP contribution in [0.25, 0.3) is 0 Å². The average Bonchev–Trinajstić information content (AvgIpc) is 2.47. The van der Waals surface area contributed by atoms with E-state index >= 15 is 0 Å². The molecule has 0 saturated carbocycles. The molecule has 7 heteroatoms. The molecule has 1 rings (SSSR count). The molecule has 6 N–H and O–H groups in total. The highest BCUT2D eigenvalue weighted by atomic mass is 16.3. The minimum Gasteiger partial charge on any atom is -0.394 e. The monoisotopic (exact) mass is 285 g/mol. The van der Waals surface area contributed by atoms with E-state index in [0.29, 0.717) is 26.2 Å². The van der Waals surface area contributed by atoms with Crippen molar-refractivity contribution in [3.05, 3.63) is 29.6 Å². The molecule has 0 spiro atoms. The number of hydrogen-bond acceptors (Lipinski definition) is 7. The van der Waals surface area contributed by atoms with Gasteiger partial charge < -0.3 is 31.1 Å². The molecule has 1 aromatic rings. The molecule has 0 aliphatic carbocycles. The Bertz CT molecular complexity index is 347. The molecule has 0 saturated heterocycles. The van der Waals surface area contributed by atoms with E-state index in [-0.39, 0.29) is 13.2 Å². The van der Waals surface area contributed by atoms with Crippen LogP contribution in [-0.4, -0.2) is 63.9 Å². The molecule has 0 amide bonds. The first kappa shape index (κ1) is 17.0. The normalized spacial score (nSPS) is 14.2. The van der Waals surface area contributed by atoms with Gasteiger partial charge >= 0.3 is 0 Å². The number of aromatic nitrogens is 1. The Labute approximate surface area is 118 Å². The number of nitrogens with zero attached hydrogens (tertiary/aromatic N) is 1. The van der Waals surface area contributed by atoms with E-state index in [1.807, 2.05) is 6.07 Å². The van der Waals surface area contributed by atoms with Gasteiger partial charge in [0.2, 0.25) is 0 Å². The first-order chi connectivity index (χ1) is 9.65. The Morgan fingerprint density at radius 1 is 0.900 bits per heavy atom. The zero-order chi connectivity index (χ0) is 14.8. The predicted molar refractivity (Wildman–Crippen MR) is 73.8 cm³/mol. The van der Waals surface area contributed by atoms with E-state index < -0.39 is 12.2 Å². The van der Waals surface area contributed by atoms with Gasteiger partial charge in [0, 0.05) is 38.6 Å². The number of aliphatic hydroxyl groups is 4. The topological polar surface area (TPSA) is 118 Å². The van der Waals surface area contributed by atoms with Gasteiger partial charge in [0.1, 0.15) is 0 Å². The lowest BCUT2D eigenvalue weighted by molar-refractivity contribution is 0.0941. The van der Waals surface area contributed by atoms with Gasteiger partial charge in [-0.25, -0.2) is 0 Å². The van der Waals surface area contributed by atoms with Crippen molar-refractivity contribution in [3.63, 3.8) is 0 Å². The highest BCUT2D eigenvalue weighted by Gasteiger charge is 2.03. The standard InChI is InChI=1S/C13H23N3O4/c17-8-12(19)6-15-4-10-1-11(3-14-2-10)5-16-7-13(20)9-18/h1-3,12-13,15-20H,4-9H2. The summed E-state index contributed by atoms with van der Waals surface area (Å²) in [4.78, 5) is 4.12. The van der Waals surface area contributed by atoms with Crippen molar-refractivity contribution in [2.24, 2.45) is 0 Å². The van der Waals surface area contributed by atoms with Crippen molar-refractivity contribution in [1.29, 1.82) is 0 Å². The predicted octanol–water partition coefficient (Wildman–Crippen LogP) is -2.03. The number of pyridine rings is 1. The Balaban J connectivity index is 2.33. The summed E-state index contributed by atoms with van der Waals surface area (Å²) in [6.45, 7) is 1.22. The third-order valence-electron chi connectivity index (χ3n) is 2.69. The Morgan fingerprint density at radius 3 is 1.75 bits per heavy atom. The highest BCUT2D eigenvalue weighted by Crippen LogP contribution is 2.02. The van der Waals surface area contributed by atoms with Crippen LogP contribution in [0.2, 0.25) is 0 Å². The van der Waals surface area contributed by atoms with Crippen LogP contribution in [0.15, 0.2) is 18.5 Å². The molecular weight excluding hydrogens is 262 g/mol. The van der Waals surface area contributed by atoms with E-state index in [9.17, 15) is 10.2 Å². The van der Waals surface area contributed by atoms with Crippen LogP contribution in [0.3, 0.4) is 0 Å². The van der Waals surface area contributed by atoms with E-state index in [1.165, 1.54) is 0 Å². The van der Waals surface area contributed by atoms with E-state index in [1.54, 1.807) is 12.4 Å². The van der Waals surface area contributed by atoms with Crippen LogP contribution >= 0.6 is 0 Å². The lowest BCUT2D eigenvalue weighted by Gasteiger charge is -2.11. The third-order valence-corrected chi connectivity index (χ3v) is 2.69. The number of nitrogens with one attached hydrogen (secondary N) is 2. The first-order valence-corrected chi connectivity index (χ1v) is 6.57. The maximum atomic E-state index is 9.20. The molecular formula is C13H23N3O4. The Hall–Kier alpha value is -1.09. The second-order valence-electron chi connectivity index (χ2n) is 4.64. The maximum Gasteiger partial charge on any atom is 0.0895 e. The summed E-state index contributed by atoms with van der Waals surface area (Å²) in [6.07, 6.45) is 1.94. The lowest BCUT2D eigenvalue weighted by atomic mass is 10.2. The van der Waals surface area contributed by atoms with Crippen LogP contribution in [0.1, 0.15) is 11.1 Å². The summed E-state index contributed by atoms with van der Waals surface area (Å²) >= 11 is 0. The number of aliphatic hydroxyl groups excluding tert-OH is 4. The van der Waals surface area contributed by atoms with Crippen LogP contribution in [0.5, 0.6) is 0 Å². The van der Waals surface area contributed by atoms with E-state index in [2.05, 4.69) is 15.6 Å². The van der Waals surface area contributed by atoms with Crippen LogP contribution in [0.4, 0.5) is 0 Å². The molecule has 1 heterocycles. The molecule has 1 aromatic heterocycles. The molecule has 2 unspecified atom stereocenters. The van der Waals surface area contributed by atoms with Crippen LogP contribution in [-0.2, 0) is 13.1 Å². The molecule has 20 heavy (non-hydrogen) atoms. The maximum absolute atomic E-state index is 9.20. The zero-order valence-corrected chi connectivity index (χ0v) is 11.4.